The standard InChI is InChI=1S/C79H130O16P2/c1-4-7-10-13-16-19-22-25-28-30-32-34-35-36-37-39-41-42-45-47-50-53-56-59-62-65-77(82)89-68-74(80)69-91-96(85,86)92-70-75(81)71-93-97(87,88)94-73-76(95-79(84)67-64-61-58-55-52-49-44-27-24-21-18-15-12-9-6-3)72-90-78(83)66-63-60-57-54-51-48-46-43-40-38-33-31-29-26-23-20-17-14-11-8-5-2/h7-12,16-21,25-29,32-34,36-38,43-44,46,74-76,80-81H,4-6,13-15,22-24,30-31,35,39-42,45,47-73H2,1-3H3,(H,85,86)(H,87,88)/b10-7-,11-8-,12-9-,19-16-,20-17-,21-18-,28-25-,29-26-,34-32-,37-36-,38-33-,44-27-,46-43-. The topological polar surface area (TPSA) is 231 Å². The van der Waals surface area contributed by atoms with E-state index in [0.29, 0.717) is 19.3 Å². The highest BCUT2D eigenvalue weighted by Crippen LogP contribution is 2.45. The van der Waals surface area contributed by atoms with E-state index < -0.39 is 91.5 Å². The van der Waals surface area contributed by atoms with Crippen LogP contribution < -0.4 is 0 Å². The number of carbonyl (C=O) groups excluding carboxylic acids is 3. The number of esters is 3. The first-order valence-corrected chi connectivity index (χ1v) is 39.8. The number of phosphoric acid groups is 2. The van der Waals surface area contributed by atoms with E-state index in [9.17, 15) is 43.5 Å². The first kappa shape index (κ1) is 92.2. The van der Waals surface area contributed by atoms with Crippen molar-refractivity contribution in [3.63, 3.8) is 0 Å². The summed E-state index contributed by atoms with van der Waals surface area (Å²) >= 11 is 0. The normalized spacial score (nSPS) is 15.0. The quantitative estimate of drug-likeness (QED) is 0.0146. The van der Waals surface area contributed by atoms with Crippen LogP contribution in [-0.4, -0.2) is 95.9 Å². The molecule has 0 amide bonds. The highest BCUT2D eigenvalue weighted by atomic mass is 31.2. The Morgan fingerprint density at radius 1 is 0.289 bits per heavy atom. The molecule has 0 spiro atoms. The van der Waals surface area contributed by atoms with Crippen molar-refractivity contribution < 1.29 is 75.8 Å². The molecule has 0 aliphatic rings. The summed E-state index contributed by atoms with van der Waals surface area (Å²) in [6.45, 7) is 2.27. The van der Waals surface area contributed by atoms with Gasteiger partial charge in [-0.1, -0.05) is 262 Å². The van der Waals surface area contributed by atoms with Crippen LogP contribution in [0.5, 0.6) is 0 Å². The zero-order chi connectivity index (χ0) is 70.9. The van der Waals surface area contributed by atoms with E-state index in [4.69, 9.17) is 32.3 Å². The van der Waals surface area contributed by atoms with Crippen molar-refractivity contribution in [1.29, 1.82) is 0 Å². The van der Waals surface area contributed by atoms with Gasteiger partial charge in [0.2, 0.25) is 0 Å². The molecule has 0 aliphatic heterocycles. The Morgan fingerprint density at radius 2 is 0.515 bits per heavy atom. The number of hydrogen-bond acceptors (Lipinski definition) is 14. The SMILES string of the molecule is CC/C=C\C/C=C\C/C=C\C/C=C\C/C=C\CCCCCCCCCCCC(=O)OCC(O)COP(=O)(O)OCC(O)COP(=O)(O)OCC(COC(=O)CCCCCCC/C=C\C/C=C\C/C=C\C/C=C\C/C=C\CC)OC(=O)CCCCCCC/C=C\C/C=C\C/C=C\CC. The maximum Gasteiger partial charge on any atom is 0.472 e. The first-order valence-electron chi connectivity index (χ1n) is 36.8. The van der Waals surface area contributed by atoms with E-state index in [1.54, 1.807) is 0 Å². The predicted octanol–water partition coefficient (Wildman–Crippen LogP) is 21.1. The number of aliphatic hydroxyl groups excluding tert-OH is 2. The van der Waals surface area contributed by atoms with Crippen LogP contribution in [0.2, 0.25) is 0 Å². The molecule has 0 bridgehead atoms. The van der Waals surface area contributed by atoms with Gasteiger partial charge in [0.15, 0.2) is 6.10 Å². The van der Waals surface area contributed by atoms with Crippen LogP contribution in [0, 0.1) is 0 Å². The van der Waals surface area contributed by atoms with Gasteiger partial charge in [-0.3, -0.25) is 32.5 Å². The number of unbranched alkanes of at least 4 members (excludes halogenated alkanes) is 19. The molecule has 0 aromatic heterocycles. The minimum Gasteiger partial charge on any atom is -0.463 e. The van der Waals surface area contributed by atoms with Crippen LogP contribution in [0.15, 0.2) is 158 Å². The number of carbonyl (C=O) groups is 3. The second-order valence-electron chi connectivity index (χ2n) is 23.9. The zero-order valence-corrected chi connectivity index (χ0v) is 61.7. The fourth-order valence-corrected chi connectivity index (χ4v) is 10.8. The summed E-state index contributed by atoms with van der Waals surface area (Å²) in [4.78, 5) is 58.5. The fraction of sp³-hybridized carbons (Fsp3) is 0.633. The van der Waals surface area contributed by atoms with E-state index in [-0.39, 0.29) is 19.3 Å². The van der Waals surface area contributed by atoms with Gasteiger partial charge in [0.25, 0.3) is 0 Å². The smallest absolute Gasteiger partial charge is 0.463 e. The third-order valence-electron chi connectivity index (χ3n) is 14.7. The Kier molecular flexibility index (Phi) is 67.5. The third kappa shape index (κ3) is 72.2. The summed E-state index contributed by atoms with van der Waals surface area (Å²) in [5, 5.41) is 20.6. The molecular formula is C79H130O16P2. The summed E-state index contributed by atoms with van der Waals surface area (Å²) in [7, 11) is -9.81. The Bertz CT molecular complexity index is 2400. The second kappa shape index (κ2) is 71.0. The third-order valence-corrected chi connectivity index (χ3v) is 16.6. The number of allylic oxidation sites excluding steroid dienone is 26. The molecule has 0 saturated carbocycles. The maximum absolute atomic E-state index is 12.9. The molecular weight excluding hydrogens is 1270 g/mol. The van der Waals surface area contributed by atoms with E-state index in [0.717, 1.165) is 180 Å². The number of phosphoric ester groups is 2. The lowest BCUT2D eigenvalue weighted by Gasteiger charge is -2.21. The summed E-state index contributed by atoms with van der Waals surface area (Å²) in [5.41, 5.74) is 0. The van der Waals surface area contributed by atoms with E-state index >= 15 is 0 Å². The number of ether oxygens (including phenoxy) is 3. The lowest BCUT2D eigenvalue weighted by Crippen LogP contribution is -2.30. The Labute approximate surface area is 587 Å². The molecule has 0 aliphatic carbocycles. The molecule has 5 atom stereocenters. The van der Waals surface area contributed by atoms with Crippen molar-refractivity contribution in [1.82, 2.24) is 0 Å². The lowest BCUT2D eigenvalue weighted by atomic mass is 10.1. The number of aliphatic hydroxyl groups is 2. The molecule has 97 heavy (non-hydrogen) atoms. The number of rotatable bonds is 68. The van der Waals surface area contributed by atoms with Crippen LogP contribution >= 0.6 is 15.6 Å². The van der Waals surface area contributed by atoms with Crippen LogP contribution in [0.4, 0.5) is 0 Å². The maximum atomic E-state index is 12.9. The molecule has 0 saturated heterocycles. The highest BCUT2D eigenvalue weighted by molar-refractivity contribution is 7.47. The van der Waals surface area contributed by atoms with E-state index in [1.807, 2.05) is 0 Å². The number of hydrogen-bond donors (Lipinski definition) is 4. The van der Waals surface area contributed by atoms with Gasteiger partial charge in [-0.25, -0.2) is 9.13 Å². The summed E-state index contributed by atoms with van der Waals surface area (Å²) in [6, 6.07) is 0. The summed E-state index contributed by atoms with van der Waals surface area (Å²) in [5.74, 6) is -1.63. The van der Waals surface area contributed by atoms with Gasteiger partial charge in [0, 0.05) is 19.3 Å². The minimum atomic E-state index is -4.94. The van der Waals surface area contributed by atoms with Crippen LogP contribution in [0.1, 0.15) is 265 Å². The second-order valence-corrected chi connectivity index (χ2v) is 26.9. The molecule has 4 N–H and O–H groups in total. The monoisotopic (exact) mass is 1400 g/mol. The van der Waals surface area contributed by atoms with Crippen molar-refractivity contribution in [3.05, 3.63) is 158 Å². The Hall–Kier alpha value is -4.83. The van der Waals surface area contributed by atoms with Crippen molar-refractivity contribution in [2.75, 3.05) is 39.6 Å². The first-order chi connectivity index (χ1) is 47.2. The molecule has 0 fully saturated rings. The van der Waals surface area contributed by atoms with Gasteiger partial charge in [-0.15, -0.1) is 0 Å². The molecule has 0 radical (unpaired) electrons. The van der Waals surface area contributed by atoms with Crippen LogP contribution in [-0.2, 0) is 55.8 Å². The molecule has 0 rings (SSSR count). The molecule has 18 heteroatoms. The van der Waals surface area contributed by atoms with E-state index in [2.05, 4.69) is 179 Å². The molecule has 0 aromatic carbocycles. The lowest BCUT2D eigenvalue weighted by molar-refractivity contribution is -0.161. The molecule has 0 aromatic rings. The minimum absolute atomic E-state index is 0.0750. The zero-order valence-electron chi connectivity index (χ0n) is 59.9. The molecule has 552 valence electrons. The fourth-order valence-electron chi connectivity index (χ4n) is 9.23. The van der Waals surface area contributed by atoms with Gasteiger partial charge < -0.3 is 34.2 Å². The van der Waals surface area contributed by atoms with Gasteiger partial charge in [0.05, 0.1) is 26.4 Å². The van der Waals surface area contributed by atoms with Crippen molar-refractivity contribution in [3.8, 4) is 0 Å². The summed E-state index contributed by atoms with van der Waals surface area (Å²) < 4.78 is 61.0. The Morgan fingerprint density at radius 3 is 0.814 bits per heavy atom. The Balaban J connectivity index is 4.65. The summed E-state index contributed by atoms with van der Waals surface area (Å²) in [6.07, 6.45) is 87.1. The van der Waals surface area contributed by atoms with Crippen LogP contribution in [0.3, 0.4) is 0 Å². The predicted molar refractivity (Wildman–Crippen MR) is 399 cm³/mol. The molecule has 16 nitrogen and oxygen atoms in total. The van der Waals surface area contributed by atoms with Gasteiger partial charge in [-0.05, 0) is 141 Å². The molecule has 0 heterocycles. The average molecular weight is 1400 g/mol. The highest BCUT2D eigenvalue weighted by Gasteiger charge is 2.29. The average Bonchev–Trinajstić information content (AvgIpc) is 1.82. The van der Waals surface area contributed by atoms with Crippen LogP contribution in [0.25, 0.3) is 0 Å². The van der Waals surface area contributed by atoms with Gasteiger partial charge >= 0.3 is 33.6 Å². The largest absolute Gasteiger partial charge is 0.472 e. The van der Waals surface area contributed by atoms with Gasteiger partial charge in [-0.2, -0.15) is 0 Å². The van der Waals surface area contributed by atoms with Gasteiger partial charge in [0.1, 0.15) is 25.4 Å². The molecule has 5 unspecified atom stereocenters. The van der Waals surface area contributed by atoms with E-state index in [1.165, 1.54) is 25.7 Å². The van der Waals surface area contributed by atoms with Crippen molar-refractivity contribution >= 4 is 33.6 Å². The van der Waals surface area contributed by atoms with Crippen molar-refractivity contribution in [2.24, 2.45) is 0 Å². The van der Waals surface area contributed by atoms with Crippen molar-refractivity contribution in [2.45, 2.75) is 283 Å².